The quantitative estimate of drug-likeness (QED) is 0.701. The second-order valence-electron chi connectivity index (χ2n) is 5.96. The molecule has 1 amide bonds. The molecule has 0 saturated heterocycles. The Balaban J connectivity index is 1.99. The van der Waals surface area contributed by atoms with Gasteiger partial charge in [-0.05, 0) is 62.6 Å². The van der Waals surface area contributed by atoms with Gasteiger partial charge in [0, 0.05) is 21.0 Å². The van der Waals surface area contributed by atoms with Crippen LogP contribution in [0.5, 0.6) is 5.75 Å². The molecule has 126 valence electrons. The fourth-order valence-corrected chi connectivity index (χ4v) is 3.63. The van der Waals surface area contributed by atoms with Crippen LogP contribution in [0.25, 0.3) is 0 Å². The Morgan fingerprint density at radius 1 is 1.21 bits per heavy atom. The molecule has 1 aliphatic rings. The number of fused-ring (bicyclic) bond motifs is 1. The first kappa shape index (κ1) is 17.2. The summed E-state index contributed by atoms with van der Waals surface area (Å²) in [6.45, 7) is 4.56. The molecule has 3 nitrogen and oxygen atoms in total. The number of carbonyl (C=O) groups is 1. The number of rotatable bonds is 2. The maximum atomic E-state index is 13.1. The average Bonchev–Trinajstić information content (AvgIpc) is 2.71. The van der Waals surface area contributed by atoms with Crippen molar-refractivity contribution < 1.29 is 9.53 Å². The van der Waals surface area contributed by atoms with Gasteiger partial charge in [-0.25, -0.2) is 0 Å². The molecule has 5 heteroatoms. The second-order valence-corrected chi connectivity index (χ2v) is 7.28. The number of hydrogen-bond acceptors (Lipinski definition) is 3. The number of thioether (sulfide) groups is 1. The highest BCUT2D eigenvalue weighted by Crippen LogP contribution is 2.37. The zero-order chi connectivity index (χ0) is 17.3. The van der Waals surface area contributed by atoms with E-state index in [4.69, 9.17) is 16.3 Å². The Morgan fingerprint density at radius 3 is 2.58 bits per heavy atom. The summed E-state index contributed by atoms with van der Waals surface area (Å²) in [6, 6.07) is 13.1. The normalized spacial score (nSPS) is 20.1. The van der Waals surface area contributed by atoms with E-state index in [9.17, 15) is 4.79 Å². The van der Waals surface area contributed by atoms with Crippen molar-refractivity contribution in [3.63, 3.8) is 0 Å². The minimum atomic E-state index is -0.0622. The molecule has 0 aliphatic carbocycles. The fraction of sp³-hybridized carbons (Fsp3) is 0.316. The van der Waals surface area contributed by atoms with Crippen molar-refractivity contribution in [2.75, 3.05) is 12.9 Å². The van der Waals surface area contributed by atoms with Crippen molar-refractivity contribution in [2.45, 2.75) is 30.8 Å². The number of benzene rings is 2. The van der Waals surface area contributed by atoms with Crippen LogP contribution in [0.4, 0.5) is 0 Å². The average molecular weight is 362 g/mol. The lowest BCUT2D eigenvalue weighted by Gasteiger charge is -2.32. The van der Waals surface area contributed by atoms with Gasteiger partial charge >= 0.3 is 0 Å². The second kappa shape index (κ2) is 7.08. The van der Waals surface area contributed by atoms with Gasteiger partial charge < -0.3 is 9.64 Å². The number of hydrogen-bond donors (Lipinski definition) is 0. The Kier molecular flexibility index (Phi) is 5.07. The lowest BCUT2D eigenvalue weighted by Crippen LogP contribution is -2.41. The highest BCUT2D eigenvalue weighted by Gasteiger charge is 2.32. The number of nitrogens with zero attached hydrogens (tertiary/aromatic N) is 1. The van der Waals surface area contributed by atoms with Crippen LogP contribution in [0.2, 0.25) is 5.02 Å². The van der Waals surface area contributed by atoms with Crippen LogP contribution in [0.15, 0.2) is 47.4 Å². The Hall–Kier alpha value is -1.65. The summed E-state index contributed by atoms with van der Waals surface area (Å²) >= 11 is 7.62. The Bertz CT molecular complexity index is 748. The maximum absolute atomic E-state index is 13.1. The third-order valence-electron chi connectivity index (χ3n) is 4.36. The summed E-state index contributed by atoms with van der Waals surface area (Å²) in [5.74, 6) is 0.858. The van der Waals surface area contributed by atoms with Gasteiger partial charge in [-0.2, -0.15) is 0 Å². The zero-order valence-corrected chi connectivity index (χ0v) is 15.5. The molecule has 0 aromatic heterocycles. The van der Waals surface area contributed by atoms with Gasteiger partial charge in [-0.3, -0.25) is 4.79 Å². The van der Waals surface area contributed by atoms with Crippen molar-refractivity contribution in [2.24, 2.45) is 0 Å². The number of halogens is 1. The summed E-state index contributed by atoms with van der Waals surface area (Å²) in [5.41, 5.74) is 1.69. The van der Waals surface area contributed by atoms with E-state index >= 15 is 0 Å². The first-order valence-electron chi connectivity index (χ1n) is 7.90. The van der Waals surface area contributed by atoms with Crippen LogP contribution in [-0.4, -0.2) is 29.7 Å². The monoisotopic (exact) mass is 361 g/mol. The molecule has 2 atom stereocenters. The molecule has 2 aromatic carbocycles. The molecule has 0 N–H and O–H groups in total. The van der Waals surface area contributed by atoms with Crippen molar-refractivity contribution in [1.82, 2.24) is 4.90 Å². The van der Waals surface area contributed by atoms with Gasteiger partial charge in [0.2, 0.25) is 0 Å². The first-order valence-corrected chi connectivity index (χ1v) is 9.50. The minimum Gasteiger partial charge on any atom is -0.491 e. The lowest BCUT2D eigenvalue weighted by molar-refractivity contribution is 0.0576. The van der Waals surface area contributed by atoms with Crippen LogP contribution in [-0.2, 0) is 0 Å². The van der Waals surface area contributed by atoms with Gasteiger partial charge in [-0.15, -0.1) is 11.8 Å². The third-order valence-corrected chi connectivity index (χ3v) is 5.34. The van der Waals surface area contributed by atoms with E-state index in [1.54, 1.807) is 36.0 Å². The SMILES string of the molecule is CSc1ccc2c(c1)[C@H](C)N(C(=O)c1ccc(Cl)cc1)[C@H](C)CO2. The van der Waals surface area contributed by atoms with Crippen molar-refractivity contribution in [3.8, 4) is 5.75 Å². The van der Waals surface area contributed by atoms with E-state index in [2.05, 4.69) is 19.1 Å². The molecule has 0 spiro atoms. The van der Waals surface area contributed by atoms with Gasteiger partial charge in [0.15, 0.2) is 0 Å². The van der Waals surface area contributed by atoms with Gasteiger partial charge in [0.25, 0.3) is 5.91 Å². The zero-order valence-electron chi connectivity index (χ0n) is 14.0. The lowest BCUT2D eigenvalue weighted by atomic mass is 10.0. The van der Waals surface area contributed by atoms with Crippen LogP contribution in [0.1, 0.15) is 35.8 Å². The van der Waals surface area contributed by atoms with Crippen molar-refractivity contribution in [1.29, 1.82) is 0 Å². The highest BCUT2D eigenvalue weighted by atomic mass is 35.5. The summed E-state index contributed by atoms with van der Waals surface area (Å²) in [7, 11) is 0. The van der Waals surface area contributed by atoms with Gasteiger partial charge in [0.1, 0.15) is 12.4 Å². The summed E-state index contributed by atoms with van der Waals surface area (Å²) < 4.78 is 5.94. The van der Waals surface area contributed by atoms with E-state index in [0.29, 0.717) is 17.2 Å². The van der Waals surface area contributed by atoms with E-state index in [0.717, 1.165) is 16.2 Å². The van der Waals surface area contributed by atoms with Gasteiger partial charge in [-0.1, -0.05) is 11.6 Å². The van der Waals surface area contributed by atoms with Crippen molar-refractivity contribution >= 4 is 29.3 Å². The number of carbonyl (C=O) groups excluding carboxylic acids is 1. The van der Waals surface area contributed by atoms with E-state index in [1.165, 1.54) is 0 Å². The predicted molar refractivity (Wildman–Crippen MR) is 99.2 cm³/mol. The largest absolute Gasteiger partial charge is 0.491 e. The molecule has 2 aromatic rings. The topological polar surface area (TPSA) is 29.5 Å². The van der Waals surface area contributed by atoms with Crippen LogP contribution in [0.3, 0.4) is 0 Å². The molecule has 24 heavy (non-hydrogen) atoms. The summed E-state index contributed by atoms with van der Waals surface area (Å²) in [5, 5.41) is 0.627. The van der Waals surface area contributed by atoms with E-state index < -0.39 is 0 Å². The Labute approximate surface area is 151 Å². The smallest absolute Gasteiger partial charge is 0.254 e. The standard InChI is InChI=1S/C19H20ClNO2S/c1-12-11-23-18-9-8-16(24-3)10-17(18)13(2)21(12)19(22)14-4-6-15(20)7-5-14/h4-10,12-13H,11H2,1-3H3/t12-,13+/m1/s1. The van der Waals surface area contributed by atoms with Crippen molar-refractivity contribution in [3.05, 3.63) is 58.6 Å². The van der Waals surface area contributed by atoms with Gasteiger partial charge in [0.05, 0.1) is 12.1 Å². The van der Waals surface area contributed by atoms with Crippen LogP contribution >= 0.6 is 23.4 Å². The van der Waals surface area contributed by atoms with E-state index in [1.807, 2.05) is 24.1 Å². The molecule has 0 bridgehead atoms. The molecule has 1 heterocycles. The molecule has 0 radical (unpaired) electrons. The Morgan fingerprint density at radius 2 is 1.92 bits per heavy atom. The molecule has 0 fully saturated rings. The number of amides is 1. The molecule has 1 aliphatic heterocycles. The summed E-state index contributed by atoms with van der Waals surface area (Å²) in [6.07, 6.45) is 2.04. The molecular formula is C19H20ClNO2S. The maximum Gasteiger partial charge on any atom is 0.254 e. The molecule has 0 saturated carbocycles. The predicted octanol–water partition coefficient (Wildman–Crippen LogP) is 5.05. The first-order chi connectivity index (χ1) is 11.5. The molecular weight excluding hydrogens is 342 g/mol. The van der Waals surface area contributed by atoms with Crippen LogP contribution in [0, 0.1) is 0 Å². The number of ether oxygens (including phenoxy) is 1. The minimum absolute atomic E-state index is 0.00216. The third kappa shape index (κ3) is 3.26. The van der Waals surface area contributed by atoms with E-state index in [-0.39, 0.29) is 18.0 Å². The highest BCUT2D eigenvalue weighted by molar-refractivity contribution is 7.98. The fourth-order valence-electron chi connectivity index (χ4n) is 3.05. The molecule has 0 unspecified atom stereocenters. The molecule has 3 rings (SSSR count). The van der Waals surface area contributed by atoms with Crippen LogP contribution < -0.4 is 4.74 Å². The summed E-state index contributed by atoms with van der Waals surface area (Å²) in [4.78, 5) is 16.1.